The van der Waals surface area contributed by atoms with Crippen molar-refractivity contribution in [2.75, 3.05) is 0 Å². The van der Waals surface area contributed by atoms with Gasteiger partial charge in [-0.2, -0.15) is 0 Å². The smallest absolute Gasteiger partial charge is 0.271 e. The van der Waals surface area contributed by atoms with Crippen LogP contribution in [0.2, 0.25) is 0 Å². The van der Waals surface area contributed by atoms with Crippen LogP contribution in [0, 0.1) is 6.92 Å². The van der Waals surface area contributed by atoms with Crippen LogP contribution in [0.3, 0.4) is 0 Å². The van der Waals surface area contributed by atoms with E-state index in [0.29, 0.717) is 5.56 Å². The molecule has 1 heterocycles. The zero-order valence-corrected chi connectivity index (χ0v) is 8.24. The lowest BCUT2D eigenvalue weighted by Gasteiger charge is -1.96. The van der Waals surface area contributed by atoms with Crippen LogP contribution in [0.25, 0.3) is 11.1 Å². The van der Waals surface area contributed by atoms with Crippen LogP contribution in [0.5, 0.6) is 0 Å². The summed E-state index contributed by atoms with van der Waals surface area (Å²) in [5.41, 5.74) is 2.82. The summed E-state index contributed by atoms with van der Waals surface area (Å²) in [6.07, 6.45) is 1.80. The Morgan fingerprint density at radius 1 is 1.21 bits per heavy atom. The first-order valence-electron chi connectivity index (χ1n) is 4.49. The van der Waals surface area contributed by atoms with E-state index in [1.807, 2.05) is 31.2 Å². The van der Waals surface area contributed by atoms with Crippen molar-refractivity contribution in [3.05, 3.63) is 46.4 Å². The van der Waals surface area contributed by atoms with E-state index < -0.39 is 0 Å². The molecule has 0 aliphatic carbocycles. The molecule has 1 aromatic heterocycles. The average molecular weight is 188 g/mol. The number of H-pyrrole nitrogens is 1. The van der Waals surface area contributed by atoms with Crippen LogP contribution in [0.15, 0.2) is 35.3 Å². The van der Waals surface area contributed by atoms with Crippen LogP contribution in [-0.4, -0.2) is 9.78 Å². The number of rotatable bonds is 1. The van der Waals surface area contributed by atoms with Gasteiger partial charge in [0.25, 0.3) is 5.56 Å². The highest BCUT2D eigenvalue weighted by Crippen LogP contribution is 2.14. The lowest BCUT2D eigenvalue weighted by atomic mass is 10.1. The predicted molar refractivity (Wildman–Crippen MR) is 56.2 cm³/mol. The maximum Gasteiger partial charge on any atom is 0.271 e. The van der Waals surface area contributed by atoms with E-state index >= 15 is 0 Å². The molecular formula is C11H12N2O. The second-order valence-electron chi connectivity index (χ2n) is 3.46. The quantitative estimate of drug-likeness (QED) is 0.726. The van der Waals surface area contributed by atoms with Gasteiger partial charge in [0.1, 0.15) is 0 Å². The highest BCUT2D eigenvalue weighted by Gasteiger charge is 2.04. The first kappa shape index (κ1) is 8.81. The van der Waals surface area contributed by atoms with Crippen LogP contribution in [-0.2, 0) is 7.05 Å². The average Bonchev–Trinajstić information content (AvgIpc) is 2.47. The molecule has 3 heteroatoms. The van der Waals surface area contributed by atoms with Gasteiger partial charge in [-0.25, -0.2) is 0 Å². The lowest BCUT2D eigenvalue weighted by Crippen LogP contribution is -2.03. The van der Waals surface area contributed by atoms with Crippen LogP contribution < -0.4 is 5.56 Å². The van der Waals surface area contributed by atoms with Gasteiger partial charge in [-0.3, -0.25) is 14.6 Å². The summed E-state index contributed by atoms with van der Waals surface area (Å²) >= 11 is 0. The Balaban J connectivity index is 2.54. The van der Waals surface area contributed by atoms with E-state index in [2.05, 4.69) is 5.10 Å². The fourth-order valence-electron chi connectivity index (χ4n) is 1.44. The van der Waals surface area contributed by atoms with E-state index in [9.17, 15) is 4.79 Å². The minimum atomic E-state index is -0.0450. The molecule has 14 heavy (non-hydrogen) atoms. The number of nitrogens with zero attached hydrogens (tertiary/aromatic N) is 1. The van der Waals surface area contributed by atoms with Crippen molar-refractivity contribution in [1.29, 1.82) is 0 Å². The number of hydrogen-bond donors (Lipinski definition) is 1. The maximum absolute atomic E-state index is 11.4. The zero-order valence-electron chi connectivity index (χ0n) is 8.24. The zero-order chi connectivity index (χ0) is 10.1. The molecule has 2 aromatic rings. The Hall–Kier alpha value is -1.77. The molecule has 1 N–H and O–H groups in total. The molecular weight excluding hydrogens is 176 g/mol. The first-order valence-corrected chi connectivity index (χ1v) is 4.49. The van der Waals surface area contributed by atoms with Gasteiger partial charge in [-0.15, -0.1) is 0 Å². The van der Waals surface area contributed by atoms with Crippen molar-refractivity contribution in [1.82, 2.24) is 9.78 Å². The summed E-state index contributed by atoms with van der Waals surface area (Å²) in [6.45, 7) is 2.03. The molecule has 3 nitrogen and oxygen atoms in total. The number of aryl methyl sites for hydroxylation is 2. The topological polar surface area (TPSA) is 37.8 Å². The molecule has 0 saturated heterocycles. The van der Waals surface area contributed by atoms with Gasteiger partial charge >= 0.3 is 0 Å². The molecule has 2 rings (SSSR count). The van der Waals surface area contributed by atoms with Crippen molar-refractivity contribution in [3.8, 4) is 11.1 Å². The molecule has 0 bridgehead atoms. The molecule has 0 fully saturated rings. The van der Waals surface area contributed by atoms with Crippen molar-refractivity contribution < 1.29 is 0 Å². The van der Waals surface area contributed by atoms with Crippen LogP contribution >= 0.6 is 0 Å². The second-order valence-corrected chi connectivity index (χ2v) is 3.46. The molecule has 0 spiro atoms. The van der Waals surface area contributed by atoms with Crippen molar-refractivity contribution in [2.45, 2.75) is 6.92 Å². The summed E-state index contributed by atoms with van der Waals surface area (Å²) in [5, 5.41) is 2.68. The van der Waals surface area contributed by atoms with Gasteiger partial charge in [0.15, 0.2) is 0 Å². The van der Waals surface area contributed by atoms with E-state index in [0.717, 1.165) is 5.56 Å². The van der Waals surface area contributed by atoms with Gasteiger partial charge in [-0.1, -0.05) is 29.8 Å². The van der Waals surface area contributed by atoms with Gasteiger partial charge in [-0.05, 0) is 12.5 Å². The van der Waals surface area contributed by atoms with E-state index in [4.69, 9.17) is 0 Å². The number of hydrogen-bond acceptors (Lipinski definition) is 1. The summed E-state index contributed by atoms with van der Waals surface area (Å²) in [7, 11) is 1.80. The Morgan fingerprint density at radius 3 is 2.36 bits per heavy atom. The third-order valence-corrected chi connectivity index (χ3v) is 2.21. The number of nitrogens with one attached hydrogen (secondary N) is 1. The van der Waals surface area contributed by atoms with Gasteiger partial charge in [0, 0.05) is 13.2 Å². The summed E-state index contributed by atoms with van der Waals surface area (Å²) in [5.74, 6) is 0. The summed E-state index contributed by atoms with van der Waals surface area (Å²) < 4.78 is 1.66. The minimum absolute atomic E-state index is 0.0450. The molecule has 0 aliphatic rings. The number of benzene rings is 1. The Bertz CT molecular complexity index is 491. The van der Waals surface area contributed by atoms with Crippen LogP contribution in [0.1, 0.15) is 5.56 Å². The van der Waals surface area contributed by atoms with Gasteiger partial charge in [0.2, 0.25) is 0 Å². The highest BCUT2D eigenvalue weighted by atomic mass is 16.1. The number of aromatic amines is 1. The molecule has 1 aromatic carbocycles. The third kappa shape index (κ3) is 1.48. The van der Waals surface area contributed by atoms with Crippen molar-refractivity contribution >= 4 is 0 Å². The Morgan fingerprint density at radius 2 is 1.86 bits per heavy atom. The fraction of sp³-hybridized carbons (Fsp3) is 0.182. The van der Waals surface area contributed by atoms with Crippen LogP contribution in [0.4, 0.5) is 0 Å². The number of aromatic nitrogens is 2. The predicted octanol–water partition coefficient (Wildman–Crippen LogP) is 1.69. The highest BCUT2D eigenvalue weighted by molar-refractivity contribution is 5.61. The molecule has 72 valence electrons. The maximum atomic E-state index is 11.4. The largest absolute Gasteiger partial charge is 0.295 e. The molecule has 0 atom stereocenters. The van der Waals surface area contributed by atoms with Gasteiger partial charge in [0.05, 0.1) is 5.56 Å². The minimum Gasteiger partial charge on any atom is -0.295 e. The summed E-state index contributed by atoms with van der Waals surface area (Å²) in [6, 6.07) is 7.92. The Labute approximate surface area is 82.0 Å². The standard InChI is InChI=1S/C11H12N2O/c1-8-3-5-9(6-4-8)10-7-13(2)12-11(10)14/h3-7H,1-2H3,(H,12,14). The molecule has 0 aliphatic heterocycles. The third-order valence-electron chi connectivity index (χ3n) is 2.21. The summed E-state index contributed by atoms with van der Waals surface area (Å²) in [4.78, 5) is 11.4. The van der Waals surface area contributed by atoms with Gasteiger partial charge < -0.3 is 0 Å². The molecule has 0 amide bonds. The first-order chi connectivity index (χ1) is 6.66. The SMILES string of the molecule is Cc1ccc(-c2cn(C)[nH]c2=O)cc1. The lowest BCUT2D eigenvalue weighted by molar-refractivity contribution is 0.756. The second kappa shape index (κ2) is 3.18. The fourth-order valence-corrected chi connectivity index (χ4v) is 1.44. The van der Waals surface area contributed by atoms with E-state index in [-0.39, 0.29) is 5.56 Å². The van der Waals surface area contributed by atoms with Crippen molar-refractivity contribution in [3.63, 3.8) is 0 Å². The molecule has 0 saturated carbocycles. The molecule has 0 unspecified atom stereocenters. The molecule has 0 radical (unpaired) electrons. The Kier molecular flexibility index (Phi) is 2.00. The monoisotopic (exact) mass is 188 g/mol. The van der Waals surface area contributed by atoms with E-state index in [1.165, 1.54) is 5.56 Å². The normalized spacial score (nSPS) is 10.4. The van der Waals surface area contributed by atoms with E-state index in [1.54, 1.807) is 17.9 Å². The van der Waals surface area contributed by atoms with Crippen molar-refractivity contribution in [2.24, 2.45) is 7.05 Å².